The number of pyridine rings is 1. The maximum Gasteiger partial charge on any atom is 0.173 e. The summed E-state index contributed by atoms with van der Waals surface area (Å²) < 4.78 is 0. The van der Waals surface area contributed by atoms with Crippen molar-refractivity contribution in [2.24, 2.45) is 5.92 Å². The van der Waals surface area contributed by atoms with Crippen LogP contribution in [0.1, 0.15) is 12.0 Å². The van der Waals surface area contributed by atoms with Crippen molar-refractivity contribution < 1.29 is 4.79 Å². The second-order valence-electron chi connectivity index (χ2n) is 4.53. The third-order valence-electron chi connectivity index (χ3n) is 3.41. The number of hydrogen-bond donors (Lipinski definition) is 0. The van der Waals surface area contributed by atoms with E-state index >= 15 is 0 Å². The van der Waals surface area contributed by atoms with Crippen LogP contribution in [-0.4, -0.2) is 35.3 Å². The molecule has 2 fully saturated rings. The van der Waals surface area contributed by atoms with Crippen molar-refractivity contribution in [2.75, 3.05) is 19.6 Å². The summed E-state index contributed by atoms with van der Waals surface area (Å²) in [6.45, 7) is 2.72. The number of carbonyl (C=O) groups excluding carboxylic acids is 1. The molecule has 0 amide bonds. The van der Waals surface area contributed by atoms with Gasteiger partial charge < -0.3 is 0 Å². The maximum absolute atomic E-state index is 11.9. The molecule has 0 aromatic carbocycles. The minimum atomic E-state index is 0.289. The molecule has 0 saturated carbocycles. The second-order valence-corrected chi connectivity index (χ2v) is 4.53. The number of rotatable bonds is 1. The van der Waals surface area contributed by atoms with Crippen molar-refractivity contribution in [3.63, 3.8) is 0 Å². The van der Waals surface area contributed by atoms with Crippen LogP contribution in [0.15, 0.2) is 30.1 Å². The molecule has 3 heteroatoms. The zero-order valence-electron chi connectivity index (χ0n) is 9.10. The molecule has 0 aliphatic carbocycles. The monoisotopic (exact) mass is 214 g/mol. The average Bonchev–Trinajstić information content (AvgIpc) is 2.70. The SMILES string of the molecule is O=C1CN2CCC(C2)/C1=C/c1cccnc1. The number of Topliss-reactive ketones (excluding diaryl/α,β-unsaturated/α-hetero) is 1. The Kier molecular flexibility index (Phi) is 2.33. The van der Waals surface area contributed by atoms with Crippen LogP contribution in [0.2, 0.25) is 0 Å². The zero-order chi connectivity index (χ0) is 11.0. The van der Waals surface area contributed by atoms with Gasteiger partial charge in [-0.05, 0) is 30.7 Å². The highest BCUT2D eigenvalue weighted by Crippen LogP contribution is 2.30. The molecular weight excluding hydrogens is 200 g/mol. The van der Waals surface area contributed by atoms with Crippen molar-refractivity contribution >= 4 is 11.9 Å². The number of piperidine rings is 1. The molecule has 82 valence electrons. The van der Waals surface area contributed by atoms with Crippen LogP contribution < -0.4 is 0 Å². The highest BCUT2D eigenvalue weighted by molar-refractivity contribution is 6.02. The van der Waals surface area contributed by atoms with Gasteiger partial charge in [-0.15, -0.1) is 0 Å². The quantitative estimate of drug-likeness (QED) is 0.662. The maximum atomic E-state index is 11.9. The largest absolute Gasteiger partial charge is 0.295 e. The third-order valence-corrected chi connectivity index (χ3v) is 3.41. The van der Waals surface area contributed by atoms with Gasteiger partial charge in [0.2, 0.25) is 0 Å². The van der Waals surface area contributed by atoms with Crippen LogP contribution in [0.3, 0.4) is 0 Å². The minimum Gasteiger partial charge on any atom is -0.295 e. The molecular formula is C13H14N2O. The van der Waals surface area contributed by atoms with E-state index in [-0.39, 0.29) is 5.78 Å². The first-order valence-electron chi connectivity index (χ1n) is 5.70. The van der Waals surface area contributed by atoms with Gasteiger partial charge in [0, 0.05) is 30.4 Å². The zero-order valence-corrected chi connectivity index (χ0v) is 9.10. The lowest BCUT2D eigenvalue weighted by Crippen LogP contribution is -2.35. The fourth-order valence-corrected chi connectivity index (χ4v) is 2.59. The normalized spacial score (nSPS) is 31.0. The average molecular weight is 214 g/mol. The molecule has 0 spiro atoms. The second kappa shape index (κ2) is 3.83. The van der Waals surface area contributed by atoms with Gasteiger partial charge in [-0.2, -0.15) is 0 Å². The minimum absolute atomic E-state index is 0.289. The molecule has 2 bridgehead atoms. The lowest BCUT2D eigenvalue weighted by Gasteiger charge is -2.23. The smallest absolute Gasteiger partial charge is 0.173 e. The van der Waals surface area contributed by atoms with E-state index in [2.05, 4.69) is 9.88 Å². The molecule has 3 heterocycles. The van der Waals surface area contributed by atoms with E-state index in [1.807, 2.05) is 24.4 Å². The van der Waals surface area contributed by atoms with Crippen LogP contribution in [0.25, 0.3) is 6.08 Å². The van der Waals surface area contributed by atoms with Gasteiger partial charge in [-0.1, -0.05) is 6.07 Å². The Morgan fingerprint density at radius 3 is 3.25 bits per heavy atom. The highest BCUT2D eigenvalue weighted by Gasteiger charge is 2.35. The Balaban J connectivity index is 1.93. The predicted octanol–water partition coefficient (Wildman–Crippen LogP) is 1.37. The molecule has 1 aromatic heterocycles. The first kappa shape index (κ1) is 9.73. The Hall–Kier alpha value is -1.48. The van der Waals surface area contributed by atoms with Gasteiger partial charge in [0.25, 0.3) is 0 Å². The third kappa shape index (κ3) is 1.67. The van der Waals surface area contributed by atoms with Gasteiger partial charge in [-0.25, -0.2) is 0 Å². The molecule has 3 nitrogen and oxygen atoms in total. The van der Waals surface area contributed by atoms with Gasteiger partial charge >= 0.3 is 0 Å². The number of nitrogens with zero attached hydrogens (tertiary/aromatic N) is 2. The van der Waals surface area contributed by atoms with Crippen LogP contribution in [-0.2, 0) is 4.79 Å². The van der Waals surface area contributed by atoms with Crippen LogP contribution in [0.4, 0.5) is 0 Å². The van der Waals surface area contributed by atoms with Crippen LogP contribution in [0, 0.1) is 5.92 Å². The molecule has 2 aliphatic rings. The summed E-state index contributed by atoms with van der Waals surface area (Å²) >= 11 is 0. The number of fused-ring (bicyclic) bond motifs is 2. The first-order chi connectivity index (χ1) is 7.83. The summed E-state index contributed by atoms with van der Waals surface area (Å²) in [5.74, 6) is 0.735. The number of ketones is 1. The molecule has 16 heavy (non-hydrogen) atoms. The van der Waals surface area contributed by atoms with E-state index in [1.165, 1.54) is 0 Å². The fraction of sp³-hybridized carbons (Fsp3) is 0.385. The van der Waals surface area contributed by atoms with Crippen molar-refractivity contribution in [1.82, 2.24) is 9.88 Å². The molecule has 3 rings (SSSR count). The molecule has 2 saturated heterocycles. The number of carbonyl (C=O) groups is 1. The highest BCUT2D eigenvalue weighted by atomic mass is 16.1. The summed E-state index contributed by atoms with van der Waals surface area (Å²) in [7, 11) is 0. The van der Waals surface area contributed by atoms with Gasteiger partial charge in [0.1, 0.15) is 0 Å². The number of aromatic nitrogens is 1. The van der Waals surface area contributed by atoms with E-state index in [0.717, 1.165) is 30.6 Å². The summed E-state index contributed by atoms with van der Waals surface area (Å²) in [6.07, 6.45) is 6.70. The molecule has 2 unspecified atom stereocenters. The first-order valence-corrected chi connectivity index (χ1v) is 5.70. The van der Waals surface area contributed by atoms with Crippen molar-refractivity contribution in [3.05, 3.63) is 35.7 Å². The summed E-state index contributed by atoms with van der Waals surface area (Å²) in [4.78, 5) is 18.2. The van der Waals surface area contributed by atoms with Crippen molar-refractivity contribution in [2.45, 2.75) is 6.42 Å². The predicted molar refractivity (Wildman–Crippen MR) is 61.8 cm³/mol. The molecule has 2 aliphatic heterocycles. The molecule has 2 atom stereocenters. The van der Waals surface area contributed by atoms with Crippen molar-refractivity contribution in [1.29, 1.82) is 0 Å². The Bertz CT molecular complexity index is 439. The molecule has 0 radical (unpaired) electrons. The van der Waals surface area contributed by atoms with E-state index in [0.29, 0.717) is 12.5 Å². The van der Waals surface area contributed by atoms with E-state index < -0.39 is 0 Å². The lowest BCUT2D eigenvalue weighted by atomic mass is 9.91. The lowest BCUT2D eigenvalue weighted by molar-refractivity contribution is -0.117. The standard InChI is InChI=1S/C13H14N2O/c16-13-9-15-5-3-11(8-15)12(13)6-10-2-1-4-14-7-10/h1-2,4,6-7,11H,3,5,8-9H2/b12-6-. The van der Waals surface area contributed by atoms with Gasteiger partial charge in [0.15, 0.2) is 5.78 Å². The molecule has 0 N–H and O–H groups in total. The van der Waals surface area contributed by atoms with Crippen molar-refractivity contribution in [3.8, 4) is 0 Å². The summed E-state index contributed by atoms with van der Waals surface area (Å²) in [5.41, 5.74) is 2.04. The van der Waals surface area contributed by atoms with Gasteiger partial charge in [0.05, 0.1) is 6.54 Å². The topological polar surface area (TPSA) is 33.2 Å². The van der Waals surface area contributed by atoms with E-state index in [9.17, 15) is 4.79 Å². The van der Waals surface area contributed by atoms with E-state index in [1.54, 1.807) is 6.20 Å². The van der Waals surface area contributed by atoms with Gasteiger partial charge in [-0.3, -0.25) is 14.7 Å². The number of hydrogen-bond acceptors (Lipinski definition) is 3. The Labute approximate surface area is 94.8 Å². The molecule has 1 aromatic rings. The van der Waals surface area contributed by atoms with Crippen LogP contribution in [0.5, 0.6) is 0 Å². The Morgan fingerprint density at radius 2 is 2.44 bits per heavy atom. The Morgan fingerprint density at radius 1 is 1.50 bits per heavy atom. The van der Waals surface area contributed by atoms with Crippen LogP contribution >= 0.6 is 0 Å². The summed E-state index contributed by atoms with van der Waals surface area (Å²) in [6, 6.07) is 3.90. The van der Waals surface area contributed by atoms with E-state index in [4.69, 9.17) is 0 Å². The fourth-order valence-electron chi connectivity index (χ4n) is 2.59. The summed E-state index contributed by atoms with van der Waals surface area (Å²) in [5, 5.41) is 0.